The highest BCUT2D eigenvalue weighted by atomic mass is 32.2. The summed E-state index contributed by atoms with van der Waals surface area (Å²) in [6.45, 7) is 1.36. The lowest BCUT2D eigenvalue weighted by molar-refractivity contribution is 0.483. The molecular weight excluding hydrogens is 255 g/mol. The normalized spacial score (nSPS) is 14.7. The van der Waals surface area contributed by atoms with Gasteiger partial charge in [-0.25, -0.2) is 13.1 Å². The van der Waals surface area contributed by atoms with Crippen LogP contribution in [0.3, 0.4) is 0 Å². The molecule has 0 aromatic heterocycles. The molecule has 4 nitrogen and oxygen atoms in total. The fourth-order valence-corrected chi connectivity index (χ4v) is 2.99. The fourth-order valence-electron chi connectivity index (χ4n) is 1.97. The summed E-state index contributed by atoms with van der Waals surface area (Å²) in [5, 5.41) is 3.23. The van der Waals surface area contributed by atoms with Crippen LogP contribution in [0, 0.1) is 0 Å². The fraction of sp³-hybridized carbons (Fsp3) is 0.500. The number of hydrogen-bond donors (Lipinski definition) is 2. The van der Waals surface area contributed by atoms with Crippen LogP contribution < -0.4 is 10.0 Å². The number of nitrogens with one attached hydrogen (secondary N) is 2. The maximum atomic E-state index is 11.9. The number of alkyl halides is 1. The number of rotatable bonds is 6. The molecular formula is C12H17FN2O2S. The number of halogens is 1. The van der Waals surface area contributed by atoms with E-state index in [1.165, 1.54) is 11.1 Å². The quantitative estimate of drug-likeness (QED) is 0.814. The van der Waals surface area contributed by atoms with Gasteiger partial charge < -0.3 is 5.32 Å². The van der Waals surface area contributed by atoms with E-state index in [4.69, 9.17) is 0 Å². The van der Waals surface area contributed by atoms with E-state index in [-0.39, 0.29) is 18.7 Å². The number of benzene rings is 1. The molecule has 0 amide bonds. The molecule has 0 saturated heterocycles. The molecule has 0 fully saturated rings. The minimum Gasteiger partial charge on any atom is -0.309 e. The number of sulfonamides is 1. The van der Waals surface area contributed by atoms with Crippen LogP contribution in [0.2, 0.25) is 0 Å². The Bertz CT molecular complexity index is 517. The Balaban J connectivity index is 1.94. The summed E-state index contributed by atoms with van der Waals surface area (Å²) in [6.07, 6.45) is 0.0451. The van der Waals surface area contributed by atoms with Gasteiger partial charge in [0.25, 0.3) is 0 Å². The summed E-state index contributed by atoms with van der Waals surface area (Å²) in [7, 11) is -3.36. The lowest BCUT2D eigenvalue weighted by Gasteiger charge is -2.07. The van der Waals surface area contributed by atoms with Crippen molar-refractivity contribution >= 4 is 10.0 Å². The third-order valence-electron chi connectivity index (χ3n) is 2.94. The van der Waals surface area contributed by atoms with Gasteiger partial charge in [0.05, 0.1) is 12.4 Å². The molecule has 0 aliphatic carbocycles. The SMILES string of the molecule is O=S(=O)(CCCF)NCc1ccc2c(c1)CNC2. The summed E-state index contributed by atoms with van der Waals surface area (Å²) in [4.78, 5) is 0. The average Bonchev–Trinajstić information content (AvgIpc) is 2.81. The molecule has 1 aliphatic rings. The van der Waals surface area contributed by atoms with E-state index >= 15 is 0 Å². The lowest BCUT2D eigenvalue weighted by atomic mass is 10.1. The average molecular weight is 272 g/mol. The van der Waals surface area contributed by atoms with E-state index in [1.807, 2.05) is 18.2 Å². The summed E-state index contributed by atoms with van der Waals surface area (Å²) < 4.78 is 37.4. The molecule has 0 atom stereocenters. The van der Waals surface area contributed by atoms with Crippen molar-refractivity contribution in [2.45, 2.75) is 26.1 Å². The third-order valence-corrected chi connectivity index (χ3v) is 4.35. The molecule has 1 aromatic carbocycles. The second-order valence-corrected chi connectivity index (χ2v) is 6.32. The van der Waals surface area contributed by atoms with E-state index in [0.717, 1.165) is 18.7 Å². The zero-order chi connectivity index (χ0) is 13.0. The highest BCUT2D eigenvalue weighted by Gasteiger charge is 2.12. The molecule has 2 rings (SSSR count). The van der Waals surface area contributed by atoms with E-state index in [0.29, 0.717) is 0 Å². The zero-order valence-electron chi connectivity index (χ0n) is 10.1. The standard InChI is InChI=1S/C12H17FN2O2S/c13-4-1-5-18(16,17)15-7-10-2-3-11-8-14-9-12(11)6-10/h2-3,6,14-15H,1,4-5,7-9H2. The van der Waals surface area contributed by atoms with Crippen molar-refractivity contribution in [3.8, 4) is 0 Å². The van der Waals surface area contributed by atoms with Crippen molar-refractivity contribution in [3.63, 3.8) is 0 Å². The molecule has 18 heavy (non-hydrogen) atoms. The van der Waals surface area contributed by atoms with Crippen LogP contribution in [0.5, 0.6) is 0 Å². The van der Waals surface area contributed by atoms with Crippen LogP contribution in [-0.2, 0) is 29.7 Å². The van der Waals surface area contributed by atoms with Crippen molar-refractivity contribution in [1.82, 2.24) is 10.0 Å². The van der Waals surface area contributed by atoms with Gasteiger partial charge in [0.2, 0.25) is 10.0 Å². The first-order valence-corrected chi connectivity index (χ1v) is 7.61. The molecule has 6 heteroatoms. The Morgan fingerprint density at radius 1 is 1.28 bits per heavy atom. The van der Waals surface area contributed by atoms with Crippen LogP contribution >= 0.6 is 0 Å². The van der Waals surface area contributed by atoms with Crippen LogP contribution in [0.4, 0.5) is 4.39 Å². The van der Waals surface area contributed by atoms with Gasteiger partial charge in [0.1, 0.15) is 0 Å². The number of fused-ring (bicyclic) bond motifs is 1. The smallest absolute Gasteiger partial charge is 0.211 e. The van der Waals surface area contributed by atoms with Crippen LogP contribution in [-0.4, -0.2) is 20.8 Å². The molecule has 2 N–H and O–H groups in total. The van der Waals surface area contributed by atoms with Gasteiger partial charge in [-0.2, -0.15) is 0 Å². The van der Waals surface area contributed by atoms with Gasteiger partial charge in [0, 0.05) is 19.6 Å². The summed E-state index contributed by atoms with van der Waals surface area (Å²) in [5.74, 6) is -0.157. The minimum atomic E-state index is -3.36. The predicted molar refractivity (Wildman–Crippen MR) is 68.2 cm³/mol. The van der Waals surface area contributed by atoms with E-state index in [2.05, 4.69) is 10.0 Å². The van der Waals surface area contributed by atoms with E-state index in [1.54, 1.807) is 0 Å². The molecule has 1 aromatic rings. The van der Waals surface area contributed by atoms with Gasteiger partial charge >= 0.3 is 0 Å². The second-order valence-electron chi connectivity index (χ2n) is 4.39. The Labute approximate surface area is 107 Å². The molecule has 100 valence electrons. The second kappa shape index (κ2) is 5.77. The topological polar surface area (TPSA) is 58.2 Å². The Kier molecular flexibility index (Phi) is 4.31. The van der Waals surface area contributed by atoms with Crippen molar-refractivity contribution in [2.24, 2.45) is 0 Å². The zero-order valence-corrected chi connectivity index (χ0v) is 10.9. The molecule has 1 heterocycles. The lowest BCUT2D eigenvalue weighted by Crippen LogP contribution is -2.26. The Morgan fingerprint density at radius 3 is 2.83 bits per heavy atom. The maximum absolute atomic E-state index is 11.9. The third kappa shape index (κ3) is 3.51. The van der Waals surface area contributed by atoms with E-state index in [9.17, 15) is 12.8 Å². The molecule has 0 radical (unpaired) electrons. The van der Waals surface area contributed by atoms with Crippen LogP contribution in [0.1, 0.15) is 23.1 Å². The Hall–Kier alpha value is -0.980. The summed E-state index contributed by atoms with van der Waals surface area (Å²) >= 11 is 0. The maximum Gasteiger partial charge on any atom is 0.211 e. The molecule has 1 aliphatic heterocycles. The Morgan fingerprint density at radius 2 is 2.06 bits per heavy atom. The van der Waals surface area contributed by atoms with Crippen molar-refractivity contribution in [1.29, 1.82) is 0 Å². The van der Waals surface area contributed by atoms with E-state index < -0.39 is 16.7 Å². The van der Waals surface area contributed by atoms with Gasteiger partial charge in [-0.15, -0.1) is 0 Å². The summed E-state index contributed by atoms with van der Waals surface area (Å²) in [5.41, 5.74) is 3.41. The van der Waals surface area contributed by atoms with Gasteiger partial charge in [-0.1, -0.05) is 18.2 Å². The van der Waals surface area contributed by atoms with Crippen molar-refractivity contribution < 1.29 is 12.8 Å². The van der Waals surface area contributed by atoms with Crippen LogP contribution in [0.25, 0.3) is 0 Å². The largest absolute Gasteiger partial charge is 0.309 e. The first-order valence-electron chi connectivity index (χ1n) is 5.95. The molecule has 0 saturated carbocycles. The van der Waals surface area contributed by atoms with Gasteiger partial charge in [-0.05, 0) is 23.1 Å². The summed E-state index contributed by atoms with van der Waals surface area (Å²) in [6, 6.07) is 5.94. The predicted octanol–water partition coefficient (Wildman–Crippen LogP) is 1.07. The van der Waals surface area contributed by atoms with Crippen molar-refractivity contribution in [3.05, 3.63) is 34.9 Å². The van der Waals surface area contributed by atoms with Crippen molar-refractivity contribution in [2.75, 3.05) is 12.4 Å². The molecule has 0 bridgehead atoms. The van der Waals surface area contributed by atoms with Gasteiger partial charge in [-0.3, -0.25) is 4.39 Å². The first-order chi connectivity index (χ1) is 8.61. The van der Waals surface area contributed by atoms with Crippen LogP contribution in [0.15, 0.2) is 18.2 Å². The molecule has 0 unspecified atom stereocenters. The highest BCUT2D eigenvalue weighted by molar-refractivity contribution is 7.89. The number of hydrogen-bond acceptors (Lipinski definition) is 3. The van der Waals surface area contributed by atoms with Gasteiger partial charge in [0.15, 0.2) is 0 Å². The monoisotopic (exact) mass is 272 g/mol. The minimum absolute atomic E-state index is 0.0451. The highest BCUT2D eigenvalue weighted by Crippen LogP contribution is 2.17. The molecule has 0 spiro atoms. The first kappa shape index (κ1) is 13.5.